The Morgan fingerprint density at radius 1 is 0.950 bits per heavy atom. The third-order valence-corrected chi connectivity index (χ3v) is 2.56. The van der Waals surface area contributed by atoms with E-state index in [4.69, 9.17) is 5.73 Å². The highest BCUT2D eigenvalue weighted by Crippen LogP contribution is 2.23. The molecule has 0 saturated heterocycles. The summed E-state index contributed by atoms with van der Waals surface area (Å²) < 4.78 is 52.6. The van der Waals surface area contributed by atoms with E-state index in [1.165, 1.54) is 12.1 Å². The largest absolute Gasteiger partial charge is 0.397 e. The Hall–Kier alpha value is -2.57. The zero-order valence-corrected chi connectivity index (χ0v) is 9.88. The standard InChI is InChI=1S/C13H8F4N2O/c14-7-5-4-6(10(16)11(7)17)13(20)19-12-8(15)2-1-3-9(12)18/h1-5H,18H2,(H,19,20). The SMILES string of the molecule is Nc1cccc(F)c1NC(=O)c1ccc(F)c(F)c1F. The van der Waals surface area contributed by atoms with Gasteiger partial charge in [0.25, 0.3) is 5.91 Å². The lowest BCUT2D eigenvalue weighted by molar-refractivity contribution is 0.102. The van der Waals surface area contributed by atoms with Gasteiger partial charge in [0.05, 0.1) is 11.3 Å². The maximum atomic E-state index is 13.4. The van der Waals surface area contributed by atoms with Crippen LogP contribution in [-0.4, -0.2) is 5.91 Å². The molecule has 3 N–H and O–H groups in total. The molecule has 0 spiro atoms. The van der Waals surface area contributed by atoms with E-state index in [9.17, 15) is 22.4 Å². The second-order valence-electron chi connectivity index (χ2n) is 3.88. The van der Waals surface area contributed by atoms with E-state index >= 15 is 0 Å². The zero-order valence-electron chi connectivity index (χ0n) is 9.88. The summed E-state index contributed by atoms with van der Waals surface area (Å²) in [7, 11) is 0. The van der Waals surface area contributed by atoms with E-state index in [-0.39, 0.29) is 11.4 Å². The van der Waals surface area contributed by atoms with Gasteiger partial charge in [-0.05, 0) is 24.3 Å². The molecule has 0 unspecified atom stereocenters. The molecule has 7 heteroatoms. The van der Waals surface area contributed by atoms with Crippen molar-refractivity contribution in [3.63, 3.8) is 0 Å². The molecule has 1 amide bonds. The number of halogens is 4. The summed E-state index contributed by atoms with van der Waals surface area (Å²) >= 11 is 0. The summed E-state index contributed by atoms with van der Waals surface area (Å²) in [5, 5.41) is 2.01. The van der Waals surface area contributed by atoms with E-state index in [1.807, 2.05) is 5.32 Å². The average molecular weight is 284 g/mol. The third-order valence-electron chi connectivity index (χ3n) is 2.56. The van der Waals surface area contributed by atoms with Gasteiger partial charge in [-0.15, -0.1) is 0 Å². The van der Waals surface area contributed by atoms with Gasteiger partial charge < -0.3 is 11.1 Å². The van der Waals surface area contributed by atoms with Gasteiger partial charge in [0.15, 0.2) is 17.5 Å². The van der Waals surface area contributed by atoms with Gasteiger partial charge in [-0.2, -0.15) is 0 Å². The van der Waals surface area contributed by atoms with Gasteiger partial charge in [0, 0.05) is 0 Å². The Morgan fingerprint density at radius 3 is 2.30 bits per heavy atom. The monoisotopic (exact) mass is 284 g/mol. The molecule has 0 fully saturated rings. The normalized spacial score (nSPS) is 10.4. The quantitative estimate of drug-likeness (QED) is 0.506. The molecule has 0 aliphatic heterocycles. The number of hydrogen-bond donors (Lipinski definition) is 2. The summed E-state index contributed by atoms with van der Waals surface area (Å²) in [6.45, 7) is 0. The molecule has 0 radical (unpaired) electrons. The van der Waals surface area contributed by atoms with Crippen molar-refractivity contribution in [1.29, 1.82) is 0 Å². The molecule has 3 nitrogen and oxygen atoms in total. The molecule has 0 bridgehead atoms. The van der Waals surface area contributed by atoms with Crippen molar-refractivity contribution in [3.8, 4) is 0 Å². The molecule has 0 heterocycles. The summed E-state index contributed by atoms with van der Waals surface area (Å²) in [6.07, 6.45) is 0. The summed E-state index contributed by atoms with van der Waals surface area (Å²) in [4.78, 5) is 11.7. The summed E-state index contributed by atoms with van der Waals surface area (Å²) in [5.41, 5.74) is 4.26. The maximum Gasteiger partial charge on any atom is 0.258 e. The van der Waals surface area contributed by atoms with Crippen LogP contribution >= 0.6 is 0 Å². The van der Waals surface area contributed by atoms with Crippen molar-refractivity contribution < 1.29 is 22.4 Å². The summed E-state index contributed by atoms with van der Waals surface area (Å²) in [6, 6.07) is 5.02. The first-order valence-electron chi connectivity index (χ1n) is 5.40. The minimum absolute atomic E-state index is 0.0821. The number of hydrogen-bond acceptors (Lipinski definition) is 2. The number of nitrogens with one attached hydrogen (secondary N) is 1. The van der Waals surface area contributed by atoms with Crippen molar-refractivity contribution in [2.45, 2.75) is 0 Å². The van der Waals surface area contributed by atoms with E-state index in [0.717, 1.165) is 12.1 Å². The van der Waals surface area contributed by atoms with Crippen LogP contribution in [0, 0.1) is 23.3 Å². The third kappa shape index (κ3) is 2.42. The fourth-order valence-corrected chi connectivity index (χ4v) is 1.55. The highest BCUT2D eigenvalue weighted by atomic mass is 19.2. The second kappa shape index (κ2) is 5.20. The van der Waals surface area contributed by atoms with E-state index in [0.29, 0.717) is 6.07 Å². The van der Waals surface area contributed by atoms with Crippen LogP contribution < -0.4 is 11.1 Å². The van der Waals surface area contributed by atoms with Crippen molar-refractivity contribution in [2.75, 3.05) is 11.1 Å². The van der Waals surface area contributed by atoms with Crippen molar-refractivity contribution in [2.24, 2.45) is 0 Å². The number of amides is 1. The van der Waals surface area contributed by atoms with Gasteiger partial charge in [0.1, 0.15) is 11.5 Å². The topological polar surface area (TPSA) is 55.1 Å². The van der Waals surface area contributed by atoms with E-state index in [1.54, 1.807) is 0 Å². The number of benzene rings is 2. The average Bonchev–Trinajstić information content (AvgIpc) is 2.40. The van der Waals surface area contributed by atoms with Crippen molar-refractivity contribution in [1.82, 2.24) is 0 Å². The number of anilines is 2. The molecular weight excluding hydrogens is 276 g/mol. The van der Waals surface area contributed by atoms with Gasteiger partial charge in [-0.3, -0.25) is 4.79 Å². The van der Waals surface area contributed by atoms with E-state index in [2.05, 4.69) is 0 Å². The number of para-hydroxylation sites is 1. The van der Waals surface area contributed by atoms with Crippen LogP contribution in [0.3, 0.4) is 0 Å². The van der Waals surface area contributed by atoms with Crippen LogP contribution in [0.25, 0.3) is 0 Å². The van der Waals surface area contributed by atoms with Gasteiger partial charge in [-0.25, -0.2) is 17.6 Å². The van der Waals surface area contributed by atoms with Crippen LogP contribution in [0.1, 0.15) is 10.4 Å². The van der Waals surface area contributed by atoms with Crippen molar-refractivity contribution in [3.05, 3.63) is 59.2 Å². The van der Waals surface area contributed by atoms with Gasteiger partial charge in [0.2, 0.25) is 0 Å². The molecule has 0 atom stereocenters. The Kier molecular flexibility index (Phi) is 3.60. The molecule has 2 aromatic rings. The molecule has 0 aliphatic carbocycles. The number of nitrogens with two attached hydrogens (primary N) is 1. The maximum absolute atomic E-state index is 13.4. The zero-order chi connectivity index (χ0) is 14.9. The van der Waals surface area contributed by atoms with E-state index < -0.39 is 34.7 Å². The number of carbonyl (C=O) groups excluding carboxylic acids is 1. The molecule has 0 saturated carbocycles. The Balaban J connectivity index is 2.36. The number of carbonyl (C=O) groups is 1. The lowest BCUT2D eigenvalue weighted by atomic mass is 10.1. The highest BCUT2D eigenvalue weighted by molar-refractivity contribution is 6.06. The fourth-order valence-electron chi connectivity index (χ4n) is 1.55. The van der Waals surface area contributed by atoms with Crippen LogP contribution in [0.2, 0.25) is 0 Å². The second-order valence-corrected chi connectivity index (χ2v) is 3.88. The lowest BCUT2D eigenvalue weighted by Gasteiger charge is -2.10. The van der Waals surface area contributed by atoms with Crippen LogP contribution in [0.5, 0.6) is 0 Å². The first kappa shape index (κ1) is 13.9. The molecule has 2 aromatic carbocycles. The molecule has 104 valence electrons. The molecule has 2 rings (SSSR count). The Morgan fingerprint density at radius 2 is 1.65 bits per heavy atom. The van der Waals surface area contributed by atoms with Gasteiger partial charge in [-0.1, -0.05) is 6.07 Å². The van der Waals surface area contributed by atoms with Crippen LogP contribution in [0.15, 0.2) is 30.3 Å². The fraction of sp³-hybridized carbons (Fsp3) is 0. The summed E-state index contributed by atoms with van der Waals surface area (Å²) in [5.74, 6) is -6.83. The molecule has 0 aliphatic rings. The molecular formula is C13H8F4N2O. The molecule has 0 aromatic heterocycles. The minimum Gasteiger partial charge on any atom is -0.397 e. The van der Waals surface area contributed by atoms with Crippen LogP contribution in [-0.2, 0) is 0 Å². The lowest BCUT2D eigenvalue weighted by Crippen LogP contribution is -2.17. The van der Waals surface area contributed by atoms with Crippen molar-refractivity contribution >= 4 is 17.3 Å². The first-order valence-corrected chi connectivity index (χ1v) is 5.40. The van der Waals surface area contributed by atoms with Gasteiger partial charge >= 0.3 is 0 Å². The number of nitrogen functional groups attached to an aromatic ring is 1. The minimum atomic E-state index is -1.78. The predicted molar refractivity (Wildman–Crippen MR) is 65.1 cm³/mol. The smallest absolute Gasteiger partial charge is 0.258 e. The predicted octanol–water partition coefficient (Wildman–Crippen LogP) is 3.08. The first-order chi connectivity index (χ1) is 9.41. The Labute approximate surface area is 111 Å². The Bertz CT molecular complexity index is 668. The number of rotatable bonds is 2. The van der Waals surface area contributed by atoms with Crippen LogP contribution in [0.4, 0.5) is 28.9 Å². The molecule has 20 heavy (non-hydrogen) atoms. The highest BCUT2D eigenvalue weighted by Gasteiger charge is 2.20.